The van der Waals surface area contributed by atoms with Crippen LogP contribution in [0.5, 0.6) is 0 Å². The number of carbonyl (C=O) groups excluding carboxylic acids is 1. The van der Waals surface area contributed by atoms with Gasteiger partial charge in [0, 0.05) is 32.4 Å². The average Bonchev–Trinajstić information content (AvgIpc) is 2.79. The molecule has 3 aromatic rings. The number of benzene rings is 3. The van der Waals surface area contributed by atoms with Crippen molar-refractivity contribution in [2.75, 3.05) is 38.7 Å². The quantitative estimate of drug-likeness (QED) is 0.595. The van der Waals surface area contributed by atoms with Gasteiger partial charge in [-0.05, 0) is 35.4 Å². The molecule has 0 atom stereocenters. The molecule has 0 radical (unpaired) electrons. The van der Waals surface area contributed by atoms with Crippen LogP contribution in [0.4, 0.5) is 5.69 Å². The number of hydrogen-bond acceptors (Lipinski definition) is 5. The summed E-state index contributed by atoms with van der Waals surface area (Å²) < 4.78 is 4.75. The fourth-order valence-corrected chi connectivity index (χ4v) is 4.38. The highest BCUT2D eigenvalue weighted by atomic mass is 16.5. The third kappa shape index (κ3) is 4.63. The van der Waals surface area contributed by atoms with Gasteiger partial charge in [-0.15, -0.1) is 0 Å². The summed E-state index contributed by atoms with van der Waals surface area (Å²) in [5.41, 5.74) is 3.12. The summed E-state index contributed by atoms with van der Waals surface area (Å²) in [5.74, 6) is -0.352. The molecule has 0 spiro atoms. The minimum absolute atomic E-state index is 0.118. The van der Waals surface area contributed by atoms with Crippen LogP contribution in [-0.2, 0) is 4.74 Å². The van der Waals surface area contributed by atoms with E-state index in [0.29, 0.717) is 25.2 Å². The zero-order valence-corrected chi connectivity index (χ0v) is 17.9. The summed E-state index contributed by atoms with van der Waals surface area (Å²) in [6, 6.07) is 28.2. The van der Waals surface area contributed by atoms with Crippen molar-refractivity contribution in [1.29, 1.82) is 0 Å². The predicted molar refractivity (Wildman–Crippen MR) is 122 cm³/mol. The largest absolute Gasteiger partial charge is 0.465 e. The third-order valence-electron chi connectivity index (χ3n) is 5.85. The van der Waals surface area contributed by atoms with Crippen LogP contribution >= 0.6 is 0 Å². The van der Waals surface area contributed by atoms with Gasteiger partial charge >= 0.3 is 5.97 Å². The Labute approximate surface area is 183 Å². The second-order valence-corrected chi connectivity index (χ2v) is 8.25. The number of nitrogens with zero attached hydrogens (tertiary/aromatic N) is 2. The van der Waals surface area contributed by atoms with Crippen LogP contribution in [0.3, 0.4) is 0 Å². The Bertz CT molecular complexity index is 960. The molecule has 1 saturated heterocycles. The van der Waals surface area contributed by atoms with Crippen LogP contribution in [0.1, 0.15) is 27.5 Å². The van der Waals surface area contributed by atoms with E-state index >= 15 is 0 Å². The van der Waals surface area contributed by atoms with E-state index in [4.69, 9.17) is 4.74 Å². The normalized spacial score (nSPS) is 15.4. The summed E-state index contributed by atoms with van der Waals surface area (Å²) in [6.45, 7) is 1.69. The highest BCUT2D eigenvalue weighted by Gasteiger charge is 2.45. The van der Waals surface area contributed by atoms with Gasteiger partial charge in [0.15, 0.2) is 0 Å². The van der Waals surface area contributed by atoms with E-state index in [1.807, 2.05) is 36.2 Å². The van der Waals surface area contributed by atoms with Gasteiger partial charge in [-0.25, -0.2) is 4.79 Å². The van der Waals surface area contributed by atoms with E-state index in [1.165, 1.54) is 18.2 Å². The number of β-amino-alcohol motifs (C(OH)–C–C–N with tert-alkyl or cyclic N) is 1. The van der Waals surface area contributed by atoms with Crippen LogP contribution in [0, 0.1) is 0 Å². The first-order valence-corrected chi connectivity index (χ1v) is 10.4. The van der Waals surface area contributed by atoms with E-state index < -0.39 is 5.60 Å². The summed E-state index contributed by atoms with van der Waals surface area (Å²) in [6.07, 6.45) is 0. The fraction of sp³-hybridized carbons (Fsp3) is 0.269. The number of likely N-dealkylation sites (tertiary alicyclic amines) is 1. The molecule has 1 fully saturated rings. The van der Waals surface area contributed by atoms with E-state index in [2.05, 4.69) is 53.4 Å². The minimum Gasteiger partial charge on any atom is -0.465 e. The van der Waals surface area contributed by atoms with Crippen LogP contribution in [-0.4, -0.2) is 55.4 Å². The molecule has 4 rings (SSSR count). The average molecular weight is 417 g/mol. The lowest BCUT2D eigenvalue weighted by Gasteiger charge is -2.51. The number of esters is 1. The topological polar surface area (TPSA) is 53.0 Å². The van der Waals surface area contributed by atoms with Crippen molar-refractivity contribution in [2.24, 2.45) is 0 Å². The molecule has 0 saturated carbocycles. The first-order valence-electron chi connectivity index (χ1n) is 10.4. The first-order chi connectivity index (χ1) is 15.0. The molecule has 5 nitrogen and oxygen atoms in total. The van der Waals surface area contributed by atoms with Crippen LogP contribution in [0.2, 0.25) is 0 Å². The van der Waals surface area contributed by atoms with Gasteiger partial charge < -0.3 is 14.7 Å². The van der Waals surface area contributed by atoms with Crippen LogP contribution < -0.4 is 4.90 Å². The van der Waals surface area contributed by atoms with Crippen molar-refractivity contribution < 1.29 is 14.6 Å². The molecule has 1 N–H and O–H groups in total. The molecule has 1 aliphatic rings. The standard InChI is InChI=1S/C26H28N2O3/c1-27(23-15-13-22(14-16-23)25(29)31-2)17-26(30)18-28(19-26)24(20-9-5-3-6-10-20)21-11-7-4-8-12-21/h3-16,24,30H,17-19H2,1-2H3. The van der Waals surface area contributed by atoms with Crippen LogP contribution in [0.15, 0.2) is 84.9 Å². The Hall–Kier alpha value is -3.15. The summed E-state index contributed by atoms with van der Waals surface area (Å²) in [7, 11) is 3.33. The molecule has 0 bridgehead atoms. The summed E-state index contributed by atoms with van der Waals surface area (Å²) >= 11 is 0. The SMILES string of the molecule is COC(=O)c1ccc(N(C)CC2(O)CN(C(c3ccccc3)c3ccccc3)C2)cc1. The lowest BCUT2D eigenvalue weighted by Crippen LogP contribution is -2.66. The highest BCUT2D eigenvalue weighted by Crippen LogP contribution is 2.36. The smallest absolute Gasteiger partial charge is 0.337 e. The van der Waals surface area contributed by atoms with E-state index in [9.17, 15) is 9.90 Å². The van der Waals surface area contributed by atoms with Gasteiger partial charge in [0.25, 0.3) is 0 Å². The monoisotopic (exact) mass is 416 g/mol. The Morgan fingerprint density at radius 2 is 1.48 bits per heavy atom. The van der Waals surface area contributed by atoms with Crippen molar-refractivity contribution in [3.8, 4) is 0 Å². The number of ether oxygens (including phenoxy) is 1. The maximum atomic E-state index is 11.6. The number of aliphatic hydroxyl groups is 1. The second kappa shape index (κ2) is 8.92. The molecule has 3 aromatic carbocycles. The molecular formula is C26H28N2O3. The Kier molecular flexibility index (Phi) is 6.07. The number of carbonyl (C=O) groups is 1. The fourth-order valence-electron chi connectivity index (χ4n) is 4.38. The number of hydrogen-bond donors (Lipinski definition) is 1. The minimum atomic E-state index is -0.794. The van der Waals surface area contributed by atoms with Gasteiger partial charge in [-0.2, -0.15) is 0 Å². The van der Waals surface area contributed by atoms with Crippen molar-refractivity contribution in [2.45, 2.75) is 11.6 Å². The lowest BCUT2D eigenvalue weighted by atomic mass is 9.87. The van der Waals surface area contributed by atoms with Gasteiger partial charge in [0.2, 0.25) is 0 Å². The zero-order chi connectivity index (χ0) is 21.8. The van der Waals surface area contributed by atoms with E-state index in [0.717, 1.165) is 5.69 Å². The molecule has 1 aliphatic heterocycles. The maximum Gasteiger partial charge on any atom is 0.337 e. The predicted octanol–water partition coefficient (Wildman–Crippen LogP) is 3.75. The lowest BCUT2D eigenvalue weighted by molar-refractivity contribution is -0.103. The molecule has 5 heteroatoms. The first kappa shape index (κ1) is 21.1. The van der Waals surface area contributed by atoms with E-state index in [1.54, 1.807) is 12.1 Å². The molecular weight excluding hydrogens is 388 g/mol. The van der Waals surface area contributed by atoms with E-state index in [-0.39, 0.29) is 12.0 Å². The molecule has 0 aromatic heterocycles. The second-order valence-electron chi connectivity index (χ2n) is 8.25. The van der Waals surface area contributed by atoms with Crippen molar-refractivity contribution in [3.63, 3.8) is 0 Å². The molecule has 1 heterocycles. The number of likely N-dealkylation sites (N-methyl/N-ethyl adjacent to an activating group) is 1. The third-order valence-corrected chi connectivity index (χ3v) is 5.85. The molecule has 0 aliphatic carbocycles. The van der Waals surface area contributed by atoms with Gasteiger partial charge in [-0.3, -0.25) is 4.90 Å². The van der Waals surface area contributed by atoms with Gasteiger partial charge in [0.05, 0.1) is 18.7 Å². The number of methoxy groups -OCH3 is 1. The highest BCUT2D eigenvalue weighted by molar-refractivity contribution is 5.89. The van der Waals surface area contributed by atoms with Gasteiger partial charge in [-0.1, -0.05) is 60.7 Å². The van der Waals surface area contributed by atoms with Crippen molar-refractivity contribution >= 4 is 11.7 Å². The van der Waals surface area contributed by atoms with Gasteiger partial charge in [0.1, 0.15) is 5.60 Å². The zero-order valence-electron chi connectivity index (χ0n) is 17.9. The van der Waals surface area contributed by atoms with Crippen LogP contribution in [0.25, 0.3) is 0 Å². The van der Waals surface area contributed by atoms with Crippen molar-refractivity contribution in [1.82, 2.24) is 4.90 Å². The summed E-state index contributed by atoms with van der Waals surface area (Å²) in [5, 5.41) is 11.2. The molecule has 160 valence electrons. The van der Waals surface area contributed by atoms with Crippen molar-refractivity contribution in [3.05, 3.63) is 102 Å². The Balaban J connectivity index is 1.45. The molecule has 0 unspecified atom stereocenters. The maximum absolute atomic E-state index is 11.6. The molecule has 0 amide bonds. The Morgan fingerprint density at radius 3 is 1.97 bits per heavy atom. The summed E-state index contributed by atoms with van der Waals surface area (Å²) in [4.78, 5) is 16.0. The Morgan fingerprint density at radius 1 is 0.968 bits per heavy atom. The molecule has 31 heavy (non-hydrogen) atoms. The number of rotatable bonds is 7. The number of anilines is 1.